The highest BCUT2D eigenvalue weighted by atomic mass is 16.5. The van der Waals surface area contributed by atoms with Crippen molar-refractivity contribution in [3.8, 4) is 11.1 Å². The smallest absolute Gasteiger partial charge is 0.407 e. The molecule has 4 aromatic rings. The third kappa shape index (κ3) is 10.5. The minimum absolute atomic E-state index is 0.0186. The fourth-order valence-electron chi connectivity index (χ4n) is 7.65. The van der Waals surface area contributed by atoms with Crippen LogP contribution in [0.5, 0.6) is 0 Å². The maximum Gasteiger partial charge on any atom is 0.407 e. The zero-order valence-electron chi connectivity index (χ0n) is 34.6. The topological polar surface area (TPSA) is 163 Å². The summed E-state index contributed by atoms with van der Waals surface area (Å²) in [4.78, 5) is 59.5. The van der Waals surface area contributed by atoms with Crippen molar-refractivity contribution in [2.24, 2.45) is 11.8 Å². The average Bonchev–Trinajstić information content (AvgIpc) is 3.70. The Labute approximate surface area is 346 Å². The molecule has 6 rings (SSSR count). The van der Waals surface area contributed by atoms with E-state index >= 15 is 0 Å². The molecule has 2 aliphatic rings. The summed E-state index contributed by atoms with van der Waals surface area (Å²) in [6, 6.07) is 27.0. The molecule has 0 bridgehead atoms. The SMILES string of the molecule is COC(=O)N[C@H](C(=O)Nc1ccc(C2CCC(c3ccc(NC(=O)[C@@H](NC(=O)OC)C(C)C)cc3)N2c2ccc(-c3ccc(N4CCOCC4)nc3)cc2)cc1)C(C)C. The third-order valence-corrected chi connectivity index (χ3v) is 10.9. The summed E-state index contributed by atoms with van der Waals surface area (Å²) in [5.41, 5.74) is 6.56. The summed E-state index contributed by atoms with van der Waals surface area (Å²) >= 11 is 0. The van der Waals surface area contributed by atoms with Gasteiger partial charge in [-0.3, -0.25) is 9.59 Å². The van der Waals surface area contributed by atoms with Gasteiger partial charge in [-0.1, -0.05) is 64.1 Å². The van der Waals surface area contributed by atoms with Crippen LogP contribution in [0.1, 0.15) is 63.7 Å². The molecule has 2 fully saturated rings. The second kappa shape index (κ2) is 19.5. The lowest BCUT2D eigenvalue weighted by atomic mass is 10.0. The number of morpholine rings is 1. The van der Waals surface area contributed by atoms with Crippen LogP contribution < -0.4 is 31.1 Å². The van der Waals surface area contributed by atoms with Gasteiger partial charge >= 0.3 is 12.2 Å². The fourth-order valence-corrected chi connectivity index (χ4v) is 7.65. The van der Waals surface area contributed by atoms with Crippen LogP contribution in [-0.2, 0) is 23.8 Å². The number of carbonyl (C=O) groups excluding carboxylic acids is 4. The van der Waals surface area contributed by atoms with Gasteiger partial charge in [0.2, 0.25) is 11.8 Å². The summed E-state index contributed by atoms with van der Waals surface area (Å²) < 4.78 is 14.9. The molecule has 4 atom stereocenters. The molecule has 3 heterocycles. The Balaban J connectivity index is 1.24. The minimum atomic E-state index is -0.762. The van der Waals surface area contributed by atoms with Crippen LogP contribution in [0.4, 0.5) is 32.5 Å². The van der Waals surface area contributed by atoms with Gasteiger partial charge in [0.1, 0.15) is 17.9 Å². The first-order valence-electron chi connectivity index (χ1n) is 20.1. The first-order valence-corrected chi connectivity index (χ1v) is 20.1. The van der Waals surface area contributed by atoms with Crippen LogP contribution in [0.15, 0.2) is 91.1 Å². The van der Waals surface area contributed by atoms with Crippen LogP contribution in [-0.4, -0.2) is 81.6 Å². The number of alkyl carbamates (subject to hydrolysis) is 2. The van der Waals surface area contributed by atoms with E-state index in [-0.39, 0.29) is 35.7 Å². The van der Waals surface area contributed by atoms with Crippen molar-refractivity contribution in [2.75, 3.05) is 61.0 Å². The van der Waals surface area contributed by atoms with Crippen molar-refractivity contribution >= 4 is 46.9 Å². The molecule has 2 unspecified atom stereocenters. The second-order valence-electron chi connectivity index (χ2n) is 15.5. The summed E-state index contributed by atoms with van der Waals surface area (Å²) in [5, 5.41) is 11.1. The van der Waals surface area contributed by atoms with E-state index in [0.29, 0.717) is 24.6 Å². The highest BCUT2D eigenvalue weighted by Gasteiger charge is 2.36. The zero-order valence-corrected chi connectivity index (χ0v) is 34.6. The molecule has 14 heteroatoms. The predicted octanol–water partition coefficient (Wildman–Crippen LogP) is 7.31. The molecule has 4 N–H and O–H groups in total. The van der Waals surface area contributed by atoms with Gasteiger partial charge in [-0.15, -0.1) is 0 Å². The number of carbonyl (C=O) groups is 4. The van der Waals surface area contributed by atoms with Crippen LogP contribution in [0.25, 0.3) is 11.1 Å². The van der Waals surface area contributed by atoms with E-state index in [1.807, 2.05) is 82.4 Å². The normalized spacial score (nSPS) is 17.6. The number of nitrogens with zero attached hydrogens (tertiary/aromatic N) is 3. The number of pyridine rings is 1. The van der Waals surface area contributed by atoms with E-state index < -0.39 is 24.3 Å². The van der Waals surface area contributed by atoms with Crippen molar-refractivity contribution in [1.82, 2.24) is 15.6 Å². The van der Waals surface area contributed by atoms with Crippen LogP contribution in [0.3, 0.4) is 0 Å². The van der Waals surface area contributed by atoms with Crippen LogP contribution >= 0.6 is 0 Å². The summed E-state index contributed by atoms with van der Waals surface area (Å²) in [7, 11) is 2.53. The molecule has 4 amide bonds. The Morgan fingerprint density at radius 2 is 1.10 bits per heavy atom. The van der Waals surface area contributed by atoms with Crippen molar-refractivity contribution < 1.29 is 33.4 Å². The number of anilines is 4. The number of aromatic nitrogens is 1. The molecule has 0 aliphatic carbocycles. The number of amides is 4. The lowest BCUT2D eigenvalue weighted by Gasteiger charge is -2.33. The van der Waals surface area contributed by atoms with Crippen LogP contribution in [0, 0.1) is 11.8 Å². The number of hydrogen-bond donors (Lipinski definition) is 4. The minimum Gasteiger partial charge on any atom is -0.453 e. The second-order valence-corrected chi connectivity index (χ2v) is 15.5. The molecule has 59 heavy (non-hydrogen) atoms. The van der Waals surface area contributed by atoms with Gasteiger partial charge in [-0.25, -0.2) is 14.6 Å². The lowest BCUT2D eigenvalue weighted by Crippen LogP contribution is -2.47. The summed E-state index contributed by atoms with van der Waals surface area (Å²) in [5.74, 6) is -0.0138. The van der Waals surface area contributed by atoms with Crippen molar-refractivity contribution in [3.05, 3.63) is 102 Å². The number of ether oxygens (including phenoxy) is 3. The van der Waals surface area contributed by atoms with Gasteiger partial charge in [-0.05, 0) is 89.9 Å². The van der Waals surface area contributed by atoms with Crippen molar-refractivity contribution in [3.63, 3.8) is 0 Å². The first-order chi connectivity index (χ1) is 28.4. The molecule has 312 valence electrons. The quantitative estimate of drug-likeness (QED) is 0.108. The maximum absolute atomic E-state index is 13.2. The average molecular weight is 806 g/mol. The number of rotatable bonds is 13. The maximum atomic E-state index is 13.2. The summed E-state index contributed by atoms with van der Waals surface area (Å²) in [6.45, 7) is 10.5. The number of benzene rings is 3. The lowest BCUT2D eigenvalue weighted by molar-refractivity contribution is -0.119. The van der Waals surface area contributed by atoms with E-state index in [1.54, 1.807) is 0 Å². The molecular formula is C45H55N7O7. The first kappa shape index (κ1) is 42.5. The van der Waals surface area contributed by atoms with E-state index in [2.05, 4.69) is 67.5 Å². The number of methoxy groups -OCH3 is 2. The van der Waals surface area contributed by atoms with Gasteiger partial charge in [0.15, 0.2) is 0 Å². The van der Waals surface area contributed by atoms with Crippen molar-refractivity contribution in [2.45, 2.75) is 64.7 Å². The van der Waals surface area contributed by atoms with E-state index in [0.717, 1.165) is 59.7 Å². The Kier molecular flexibility index (Phi) is 14.1. The molecule has 1 aromatic heterocycles. The molecule has 14 nitrogen and oxygen atoms in total. The van der Waals surface area contributed by atoms with Gasteiger partial charge < -0.3 is 45.3 Å². The van der Waals surface area contributed by atoms with Gasteiger partial charge in [0.25, 0.3) is 0 Å². The van der Waals surface area contributed by atoms with E-state index in [4.69, 9.17) is 19.2 Å². The molecule has 2 aliphatic heterocycles. The monoisotopic (exact) mass is 805 g/mol. The number of hydrogen-bond acceptors (Lipinski definition) is 10. The zero-order chi connectivity index (χ0) is 42.1. The molecule has 3 aromatic carbocycles. The van der Waals surface area contributed by atoms with Crippen LogP contribution in [0.2, 0.25) is 0 Å². The fraction of sp³-hybridized carbons (Fsp3) is 0.400. The Morgan fingerprint density at radius 1 is 0.644 bits per heavy atom. The van der Waals surface area contributed by atoms with E-state index in [9.17, 15) is 19.2 Å². The Bertz CT molecular complexity index is 1940. The molecular weight excluding hydrogens is 751 g/mol. The Hall–Kier alpha value is -6.15. The Morgan fingerprint density at radius 3 is 1.51 bits per heavy atom. The largest absolute Gasteiger partial charge is 0.453 e. The molecule has 0 saturated carbocycles. The molecule has 2 saturated heterocycles. The predicted molar refractivity (Wildman–Crippen MR) is 228 cm³/mol. The highest BCUT2D eigenvalue weighted by Crippen LogP contribution is 2.47. The molecule has 0 radical (unpaired) electrons. The highest BCUT2D eigenvalue weighted by molar-refractivity contribution is 5.97. The van der Waals surface area contributed by atoms with Gasteiger partial charge in [0, 0.05) is 41.9 Å². The standard InChI is InChI=1S/C45H55N7O7/c1-28(2)40(49-44(55)57-5)42(53)47-34-14-7-31(8-15-34)37-20-21-38(32-9-16-35(17-10-32)48-43(54)41(29(3)4)50-45(56)58-6)52(37)36-18-11-30(12-19-36)33-13-22-39(46-27-33)51-23-25-59-26-24-51/h7-19,22,27-29,37-38,40-41H,20-21,23-26H2,1-6H3,(H,47,53)(H,48,54)(H,49,55)(H,50,56)/t37?,38?,40-,41-/m0/s1. The van der Waals surface area contributed by atoms with Gasteiger partial charge in [0.05, 0.1) is 39.5 Å². The number of nitrogens with one attached hydrogen (secondary N) is 4. The summed E-state index contributed by atoms with van der Waals surface area (Å²) in [6.07, 6.45) is 2.34. The molecule has 0 spiro atoms. The third-order valence-electron chi connectivity index (χ3n) is 10.9. The van der Waals surface area contributed by atoms with Crippen molar-refractivity contribution in [1.29, 1.82) is 0 Å². The van der Waals surface area contributed by atoms with E-state index in [1.165, 1.54) is 14.2 Å². The van der Waals surface area contributed by atoms with Gasteiger partial charge in [-0.2, -0.15) is 0 Å².